The SMILES string of the molecule is Cc1nc(-c2ccccc2NC(=O)C(C)(C)C)sc1C(=O)O. The molecule has 1 amide bonds. The molecule has 0 aliphatic rings. The van der Waals surface area contributed by atoms with Crippen molar-refractivity contribution in [3.05, 3.63) is 34.8 Å². The van der Waals surface area contributed by atoms with Crippen LogP contribution in [0.5, 0.6) is 0 Å². The molecule has 0 spiro atoms. The Morgan fingerprint density at radius 3 is 2.41 bits per heavy atom. The lowest BCUT2D eigenvalue weighted by Crippen LogP contribution is -2.27. The largest absolute Gasteiger partial charge is 0.477 e. The first kappa shape index (κ1) is 16.2. The Kier molecular flexibility index (Phi) is 4.32. The van der Waals surface area contributed by atoms with Crippen LogP contribution in [0, 0.1) is 12.3 Å². The third-order valence-corrected chi connectivity index (χ3v) is 4.26. The number of aromatic carboxylic acids is 1. The van der Waals surface area contributed by atoms with Crippen LogP contribution in [0.15, 0.2) is 24.3 Å². The molecule has 2 aromatic rings. The van der Waals surface area contributed by atoms with E-state index < -0.39 is 11.4 Å². The maximum absolute atomic E-state index is 12.2. The van der Waals surface area contributed by atoms with Crippen LogP contribution >= 0.6 is 11.3 Å². The van der Waals surface area contributed by atoms with E-state index in [-0.39, 0.29) is 10.8 Å². The zero-order chi connectivity index (χ0) is 16.5. The molecule has 0 aliphatic heterocycles. The summed E-state index contributed by atoms with van der Waals surface area (Å²) in [5, 5.41) is 12.6. The second-order valence-electron chi connectivity index (χ2n) is 5.99. The molecule has 0 saturated heterocycles. The molecule has 6 heteroatoms. The highest BCUT2D eigenvalue weighted by Gasteiger charge is 2.23. The second-order valence-corrected chi connectivity index (χ2v) is 6.99. The van der Waals surface area contributed by atoms with Crippen molar-refractivity contribution in [2.75, 3.05) is 5.32 Å². The maximum Gasteiger partial charge on any atom is 0.347 e. The number of anilines is 1. The molecule has 0 radical (unpaired) electrons. The van der Waals surface area contributed by atoms with Crippen molar-refractivity contribution in [2.24, 2.45) is 5.41 Å². The van der Waals surface area contributed by atoms with Gasteiger partial charge in [-0.15, -0.1) is 11.3 Å². The number of hydrogen-bond donors (Lipinski definition) is 2. The third kappa shape index (κ3) is 3.33. The molecule has 5 nitrogen and oxygen atoms in total. The average Bonchev–Trinajstić information content (AvgIpc) is 2.80. The summed E-state index contributed by atoms with van der Waals surface area (Å²) >= 11 is 1.11. The first-order chi connectivity index (χ1) is 10.2. The van der Waals surface area contributed by atoms with Gasteiger partial charge in [-0.25, -0.2) is 9.78 Å². The van der Waals surface area contributed by atoms with E-state index in [1.54, 1.807) is 13.0 Å². The van der Waals surface area contributed by atoms with Gasteiger partial charge in [0.1, 0.15) is 9.88 Å². The molecular formula is C16H18N2O3S. The quantitative estimate of drug-likeness (QED) is 0.902. The van der Waals surface area contributed by atoms with Gasteiger partial charge in [-0.3, -0.25) is 4.79 Å². The fraction of sp³-hybridized carbons (Fsp3) is 0.312. The Labute approximate surface area is 133 Å². The first-order valence-electron chi connectivity index (χ1n) is 6.81. The molecular weight excluding hydrogens is 300 g/mol. The molecule has 0 atom stereocenters. The fourth-order valence-electron chi connectivity index (χ4n) is 1.80. The Morgan fingerprint density at radius 1 is 1.23 bits per heavy atom. The minimum Gasteiger partial charge on any atom is -0.477 e. The molecule has 1 aromatic carbocycles. The molecule has 0 unspecified atom stereocenters. The van der Waals surface area contributed by atoms with Crippen LogP contribution in [-0.4, -0.2) is 22.0 Å². The van der Waals surface area contributed by atoms with E-state index in [2.05, 4.69) is 10.3 Å². The molecule has 0 bridgehead atoms. The molecule has 1 aromatic heterocycles. The topological polar surface area (TPSA) is 79.3 Å². The van der Waals surface area contributed by atoms with Gasteiger partial charge in [-0.1, -0.05) is 32.9 Å². The van der Waals surface area contributed by atoms with E-state index in [1.165, 1.54) is 0 Å². The van der Waals surface area contributed by atoms with Gasteiger partial charge in [0.25, 0.3) is 0 Å². The van der Waals surface area contributed by atoms with Gasteiger partial charge < -0.3 is 10.4 Å². The number of carbonyl (C=O) groups is 2. The number of aryl methyl sites for hydroxylation is 1. The zero-order valence-corrected chi connectivity index (χ0v) is 13.7. The van der Waals surface area contributed by atoms with Crippen molar-refractivity contribution in [2.45, 2.75) is 27.7 Å². The van der Waals surface area contributed by atoms with E-state index in [0.29, 0.717) is 16.4 Å². The summed E-state index contributed by atoms with van der Waals surface area (Å²) in [7, 11) is 0. The Hall–Kier alpha value is -2.21. The number of hydrogen-bond acceptors (Lipinski definition) is 4. The second kappa shape index (κ2) is 5.88. The lowest BCUT2D eigenvalue weighted by Gasteiger charge is -2.18. The number of carbonyl (C=O) groups excluding carboxylic acids is 1. The van der Waals surface area contributed by atoms with Crippen molar-refractivity contribution < 1.29 is 14.7 Å². The minimum absolute atomic E-state index is 0.105. The molecule has 1 heterocycles. The first-order valence-corrected chi connectivity index (χ1v) is 7.63. The summed E-state index contributed by atoms with van der Waals surface area (Å²) in [5.41, 5.74) is 1.32. The van der Waals surface area contributed by atoms with Crippen LogP contribution in [0.4, 0.5) is 5.69 Å². The van der Waals surface area contributed by atoms with E-state index >= 15 is 0 Å². The molecule has 2 N–H and O–H groups in total. The number of carboxylic acids is 1. The molecule has 0 aliphatic carbocycles. The smallest absolute Gasteiger partial charge is 0.347 e. The van der Waals surface area contributed by atoms with Gasteiger partial charge in [-0.2, -0.15) is 0 Å². The number of nitrogens with one attached hydrogen (secondary N) is 1. The Morgan fingerprint density at radius 2 is 1.86 bits per heavy atom. The summed E-state index contributed by atoms with van der Waals surface area (Å²) in [6.07, 6.45) is 0. The van der Waals surface area contributed by atoms with Gasteiger partial charge >= 0.3 is 5.97 Å². The van der Waals surface area contributed by atoms with Crippen molar-refractivity contribution in [1.82, 2.24) is 4.98 Å². The number of carboxylic acid groups (broad SMARTS) is 1. The molecule has 0 fully saturated rings. The van der Waals surface area contributed by atoms with Crippen molar-refractivity contribution in [3.8, 4) is 10.6 Å². The predicted octanol–water partition coefficient (Wildman–Crippen LogP) is 3.80. The minimum atomic E-state index is -0.988. The average molecular weight is 318 g/mol. The number of thiazole rings is 1. The summed E-state index contributed by atoms with van der Waals surface area (Å²) in [6, 6.07) is 7.26. The molecule has 22 heavy (non-hydrogen) atoms. The van der Waals surface area contributed by atoms with Gasteiger partial charge in [0.05, 0.1) is 11.4 Å². The number of amides is 1. The van der Waals surface area contributed by atoms with E-state index in [4.69, 9.17) is 5.11 Å². The van der Waals surface area contributed by atoms with Crippen molar-refractivity contribution in [3.63, 3.8) is 0 Å². The number of aromatic nitrogens is 1. The van der Waals surface area contributed by atoms with Gasteiger partial charge in [-0.05, 0) is 19.1 Å². The van der Waals surface area contributed by atoms with Crippen LogP contribution in [0.1, 0.15) is 36.1 Å². The summed E-state index contributed by atoms with van der Waals surface area (Å²) in [4.78, 5) is 27.9. The highest BCUT2D eigenvalue weighted by Crippen LogP contribution is 2.33. The molecule has 116 valence electrons. The highest BCUT2D eigenvalue weighted by molar-refractivity contribution is 7.17. The predicted molar refractivity (Wildman–Crippen MR) is 87.3 cm³/mol. The highest BCUT2D eigenvalue weighted by atomic mass is 32.1. The van der Waals surface area contributed by atoms with Crippen molar-refractivity contribution >= 4 is 28.9 Å². The summed E-state index contributed by atoms with van der Waals surface area (Å²) in [6.45, 7) is 7.17. The molecule has 2 rings (SSSR count). The monoisotopic (exact) mass is 318 g/mol. The van der Waals surface area contributed by atoms with Crippen molar-refractivity contribution in [1.29, 1.82) is 0 Å². The van der Waals surface area contributed by atoms with Crippen LogP contribution in [-0.2, 0) is 4.79 Å². The molecule has 0 saturated carbocycles. The lowest BCUT2D eigenvalue weighted by atomic mass is 9.95. The fourth-order valence-corrected chi connectivity index (χ4v) is 2.74. The zero-order valence-electron chi connectivity index (χ0n) is 12.9. The normalized spacial score (nSPS) is 11.3. The van der Waals surface area contributed by atoms with Gasteiger partial charge in [0.15, 0.2) is 0 Å². The number of para-hydroxylation sites is 1. The van der Waals surface area contributed by atoms with Crippen LogP contribution in [0.25, 0.3) is 10.6 Å². The Bertz CT molecular complexity index is 729. The van der Waals surface area contributed by atoms with Gasteiger partial charge in [0.2, 0.25) is 5.91 Å². The summed E-state index contributed by atoms with van der Waals surface area (Å²) < 4.78 is 0. The maximum atomic E-state index is 12.2. The number of benzene rings is 1. The van der Waals surface area contributed by atoms with Gasteiger partial charge in [0, 0.05) is 11.0 Å². The lowest BCUT2D eigenvalue weighted by molar-refractivity contribution is -0.123. The third-order valence-electron chi connectivity index (χ3n) is 3.08. The van der Waals surface area contributed by atoms with E-state index in [1.807, 2.05) is 39.0 Å². The standard InChI is InChI=1S/C16H18N2O3S/c1-9-12(14(19)20)22-13(17-9)10-7-5-6-8-11(10)18-15(21)16(2,3)4/h5-8H,1-4H3,(H,18,21)(H,19,20). The summed E-state index contributed by atoms with van der Waals surface area (Å²) in [5.74, 6) is -1.09. The van der Waals surface area contributed by atoms with E-state index in [9.17, 15) is 9.59 Å². The van der Waals surface area contributed by atoms with Crippen LogP contribution in [0.3, 0.4) is 0 Å². The number of nitrogens with zero attached hydrogens (tertiary/aromatic N) is 1. The van der Waals surface area contributed by atoms with Crippen LogP contribution in [0.2, 0.25) is 0 Å². The number of rotatable bonds is 3. The van der Waals surface area contributed by atoms with E-state index in [0.717, 1.165) is 16.9 Å². The van der Waals surface area contributed by atoms with Crippen LogP contribution < -0.4 is 5.32 Å². The Balaban J connectivity index is 2.43.